The minimum Gasteiger partial charge on any atom is -0.309 e. The van der Waals surface area contributed by atoms with Gasteiger partial charge in [-0.15, -0.1) is 0 Å². The molecule has 4 aromatic rings. The van der Waals surface area contributed by atoms with E-state index < -0.39 is 34.1 Å². The fraction of sp³-hybridized carbons (Fsp3) is 0.214. The van der Waals surface area contributed by atoms with Gasteiger partial charge < -0.3 is 5.32 Å². The zero-order valence-electron chi connectivity index (χ0n) is 21.0. The highest BCUT2D eigenvalue weighted by Crippen LogP contribution is 2.25. The Morgan fingerprint density at radius 3 is 2.16 bits per heavy atom. The molecule has 0 saturated carbocycles. The summed E-state index contributed by atoms with van der Waals surface area (Å²) in [5, 5.41) is 7.36. The van der Waals surface area contributed by atoms with Gasteiger partial charge in [-0.05, 0) is 60.9 Å². The molecule has 0 bridgehead atoms. The average Bonchev–Trinajstić information content (AvgIpc) is 3.31. The molecule has 38 heavy (non-hydrogen) atoms. The first-order chi connectivity index (χ1) is 18.1. The van der Waals surface area contributed by atoms with Gasteiger partial charge in [0.05, 0.1) is 22.8 Å². The molecule has 7 nitrogen and oxygen atoms in total. The first-order valence-corrected chi connectivity index (χ1v) is 13.5. The number of sulfonamides is 1. The highest BCUT2D eigenvalue weighted by molar-refractivity contribution is 7.89. The normalized spacial score (nSPS) is 11.7. The van der Waals surface area contributed by atoms with Crippen molar-refractivity contribution >= 4 is 21.7 Å². The Balaban J connectivity index is 1.63. The molecule has 0 spiro atoms. The number of rotatable bonds is 10. The summed E-state index contributed by atoms with van der Waals surface area (Å²) in [7, 11) is -4.06. The van der Waals surface area contributed by atoms with Crippen LogP contribution < -0.4 is 5.32 Å². The summed E-state index contributed by atoms with van der Waals surface area (Å²) in [6, 6.07) is 21.1. The minimum atomic E-state index is -4.06. The summed E-state index contributed by atoms with van der Waals surface area (Å²) in [5.74, 6) is -1.07. The molecule has 0 atom stereocenters. The van der Waals surface area contributed by atoms with Crippen LogP contribution in [0.5, 0.6) is 0 Å². The van der Waals surface area contributed by atoms with E-state index in [2.05, 4.69) is 10.4 Å². The Labute approximate surface area is 220 Å². The summed E-state index contributed by atoms with van der Waals surface area (Å²) in [4.78, 5) is 13.1. The summed E-state index contributed by atoms with van der Waals surface area (Å²) in [5.41, 5.74) is 1.89. The van der Waals surface area contributed by atoms with Crippen LogP contribution in [0.4, 0.5) is 14.6 Å². The number of nitrogens with one attached hydrogen (secondary N) is 1. The van der Waals surface area contributed by atoms with Gasteiger partial charge in [-0.3, -0.25) is 4.79 Å². The maximum Gasteiger partial charge on any atom is 0.243 e. The standard InChI is InChI=1S/C28H28F2N4O3S/c1-20(2)16-17-33(38(36,37)25-14-10-23(30)11-15-25)19-28(35)31-27-18-26(21-6-4-3-5-7-21)32-34(27)24-12-8-22(29)9-13-24/h3-15,18,20H,16-17,19H2,1-2H3,(H,31,35). The molecule has 3 aromatic carbocycles. The van der Waals surface area contributed by atoms with E-state index in [0.29, 0.717) is 23.6 Å². The first kappa shape index (κ1) is 27.2. The molecule has 0 aliphatic heterocycles. The summed E-state index contributed by atoms with van der Waals surface area (Å²) in [6.45, 7) is 3.56. The van der Waals surface area contributed by atoms with Crippen LogP contribution >= 0.6 is 0 Å². The summed E-state index contributed by atoms with van der Waals surface area (Å²) >= 11 is 0. The van der Waals surface area contributed by atoms with Gasteiger partial charge in [0.1, 0.15) is 17.5 Å². The number of hydrogen-bond acceptors (Lipinski definition) is 4. The Kier molecular flexibility index (Phi) is 8.33. The van der Waals surface area contributed by atoms with Crippen molar-refractivity contribution in [1.82, 2.24) is 14.1 Å². The molecule has 1 amide bonds. The molecule has 10 heteroatoms. The molecule has 0 aliphatic carbocycles. The third kappa shape index (κ3) is 6.51. The van der Waals surface area contributed by atoms with Crippen LogP contribution in [0.15, 0.2) is 89.8 Å². The molecule has 0 fully saturated rings. The Morgan fingerprint density at radius 1 is 0.947 bits per heavy atom. The van der Waals surface area contributed by atoms with Gasteiger partial charge in [0.15, 0.2) is 0 Å². The second-order valence-electron chi connectivity index (χ2n) is 9.19. The number of aromatic nitrogens is 2. The topological polar surface area (TPSA) is 84.3 Å². The van der Waals surface area contributed by atoms with E-state index >= 15 is 0 Å². The number of anilines is 1. The second kappa shape index (κ2) is 11.7. The van der Waals surface area contributed by atoms with Crippen molar-refractivity contribution in [1.29, 1.82) is 0 Å². The third-order valence-corrected chi connectivity index (χ3v) is 7.70. The summed E-state index contributed by atoms with van der Waals surface area (Å²) in [6.07, 6.45) is 0.527. The number of hydrogen-bond donors (Lipinski definition) is 1. The molecule has 1 aromatic heterocycles. The first-order valence-electron chi connectivity index (χ1n) is 12.1. The highest BCUT2D eigenvalue weighted by atomic mass is 32.2. The van der Waals surface area contributed by atoms with Crippen molar-refractivity contribution in [2.24, 2.45) is 5.92 Å². The second-order valence-corrected chi connectivity index (χ2v) is 11.1. The van der Waals surface area contributed by atoms with Crippen molar-refractivity contribution in [2.75, 3.05) is 18.4 Å². The van der Waals surface area contributed by atoms with Crippen molar-refractivity contribution < 1.29 is 22.0 Å². The molecule has 1 heterocycles. The maximum absolute atomic E-state index is 13.5. The van der Waals surface area contributed by atoms with E-state index in [1.165, 1.54) is 41.1 Å². The van der Waals surface area contributed by atoms with E-state index in [-0.39, 0.29) is 17.4 Å². The smallest absolute Gasteiger partial charge is 0.243 e. The Bertz CT molecular complexity index is 1490. The van der Waals surface area contributed by atoms with E-state index in [1.807, 2.05) is 44.2 Å². The van der Waals surface area contributed by atoms with Gasteiger partial charge in [0.2, 0.25) is 15.9 Å². The average molecular weight is 539 g/mol. The minimum absolute atomic E-state index is 0.0989. The van der Waals surface area contributed by atoms with Crippen LogP contribution in [0.25, 0.3) is 16.9 Å². The van der Waals surface area contributed by atoms with E-state index in [0.717, 1.165) is 22.0 Å². The Morgan fingerprint density at radius 2 is 1.55 bits per heavy atom. The molecule has 0 saturated heterocycles. The number of halogens is 2. The van der Waals surface area contributed by atoms with Crippen LogP contribution in [0, 0.1) is 17.6 Å². The SMILES string of the molecule is CC(C)CCN(CC(=O)Nc1cc(-c2ccccc2)nn1-c1ccc(F)cc1)S(=O)(=O)c1ccc(F)cc1. The van der Waals surface area contributed by atoms with Crippen molar-refractivity contribution in [2.45, 2.75) is 25.2 Å². The molecule has 1 N–H and O–H groups in total. The zero-order valence-corrected chi connectivity index (χ0v) is 21.8. The molecule has 0 radical (unpaired) electrons. The van der Waals surface area contributed by atoms with Crippen LogP contribution in [-0.4, -0.2) is 41.5 Å². The largest absolute Gasteiger partial charge is 0.309 e. The predicted molar refractivity (Wildman–Crippen MR) is 142 cm³/mol. The van der Waals surface area contributed by atoms with Gasteiger partial charge >= 0.3 is 0 Å². The van der Waals surface area contributed by atoms with Crippen LogP contribution in [0.1, 0.15) is 20.3 Å². The van der Waals surface area contributed by atoms with Gasteiger partial charge in [0, 0.05) is 18.2 Å². The van der Waals surface area contributed by atoms with Crippen LogP contribution in [0.3, 0.4) is 0 Å². The van der Waals surface area contributed by atoms with Gasteiger partial charge in [0.25, 0.3) is 0 Å². The van der Waals surface area contributed by atoms with E-state index in [1.54, 1.807) is 6.07 Å². The highest BCUT2D eigenvalue weighted by Gasteiger charge is 2.27. The van der Waals surface area contributed by atoms with Crippen LogP contribution in [-0.2, 0) is 14.8 Å². The lowest BCUT2D eigenvalue weighted by molar-refractivity contribution is -0.116. The van der Waals surface area contributed by atoms with Crippen molar-refractivity contribution in [3.05, 3.63) is 96.6 Å². The molecule has 4 rings (SSSR count). The number of nitrogens with zero attached hydrogens (tertiary/aromatic N) is 3. The monoisotopic (exact) mass is 538 g/mol. The lowest BCUT2D eigenvalue weighted by Crippen LogP contribution is -2.39. The van der Waals surface area contributed by atoms with Gasteiger partial charge in [-0.25, -0.2) is 21.9 Å². The summed E-state index contributed by atoms with van der Waals surface area (Å²) < 4.78 is 56.2. The molecular formula is C28H28F2N4O3S. The Hall–Kier alpha value is -3.89. The van der Waals surface area contributed by atoms with E-state index in [4.69, 9.17) is 0 Å². The van der Waals surface area contributed by atoms with Crippen molar-refractivity contribution in [3.8, 4) is 16.9 Å². The molecule has 0 aliphatic rings. The number of amides is 1. The third-order valence-electron chi connectivity index (χ3n) is 5.84. The number of benzene rings is 3. The van der Waals surface area contributed by atoms with Gasteiger partial charge in [-0.2, -0.15) is 9.40 Å². The molecular weight excluding hydrogens is 510 g/mol. The zero-order chi connectivity index (χ0) is 27.3. The maximum atomic E-state index is 13.5. The quantitative estimate of drug-likeness (QED) is 0.289. The van der Waals surface area contributed by atoms with Crippen LogP contribution in [0.2, 0.25) is 0 Å². The van der Waals surface area contributed by atoms with E-state index in [9.17, 15) is 22.0 Å². The number of carbonyl (C=O) groups excluding carboxylic acids is 1. The number of carbonyl (C=O) groups is 1. The fourth-order valence-corrected chi connectivity index (χ4v) is 5.19. The molecule has 0 unspecified atom stereocenters. The van der Waals surface area contributed by atoms with Crippen molar-refractivity contribution in [3.63, 3.8) is 0 Å². The fourth-order valence-electron chi connectivity index (χ4n) is 3.78. The van der Waals surface area contributed by atoms with Gasteiger partial charge in [-0.1, -0.05) is 44.2 Å². The lowest BCUT2D eigenvalue weighted by atomic mass is 10.1. The predicted octanol–water partition coefficient (Wildman–Crippen LogP) is 5.49. The lowest BCUT2D eigenvalue weighted by Gasteiger charge is -2.22. The molecule has 198 valence electrons.